The van der Waals surface area contributed by atoms with Crippen molar-refractivity contribution in [2.75, 3.05) is 39.4 Å². The van der Waals surface area contributed by atoms with E-state index >= 15 is 0 Å². The molecular weight excluding hydrogens is 633 g/mol. The maximum absolute atomic E-state index is 12.1. The number of hydrogen-bond acceptors (Lipinski definition) is 7. The zero-order chi connectivity index (χ0) is 30.5. The van der Waals surface area contributed by atoms with E-state index in [1.807, 2.05) is 55.6 Å². The molecule has 246 valence electrons. The van der Waals surface area contributed by atoms with E-state index < -0.39 is 11.0 Å². The molecule has 7 nitrogen and oxygen atoms in total. The first kappa shape index (κ1) is 38.5. The van der Waals surface area contributed by atoms with Gasteiger partial charge in [0.25, 0.3) is 0 Å². The Morgan fingerprint density at radius 1 is 0.956 bits per heavy atom. The summed E-state index contributed by atoms with van der Waals surface area (Å²) in [5.41, 5.74) is 1.74. The maximum atomic E-state index is 12.1. The summed E-state index contributed by atoms with van der Waals surface area (Å²) in [6.07, 6.45) is 5.57. The van der Waals surface area contributed by atoms with Gasteiger partial charge in [-0.3, -0.25) is 14.8 Å². The van der Waals surface area contributed by atoms with Gasteiger partial charge in [-0.25, -0.2) is 0 Å². The first-order valence-corrected chi connectivity index (χ1v) is 15.8. The fraction of sp³-hybridized carbons (Fsp3) is 0.457. The minimum Gasteiger partial charge on any atom is -0.481 e. The van der Waals surface area contributed by atoms with Gasteiger partial charge in [0.2, 0.25) is 0 Å². The van der Waals surface area contributed by atoms with E-state index in [0.29, 0.717) is 49.9 Å². The number of pyridine rings is 1. The number of halogens is 3. The minimum absolute atomic E-state index is 0. The van der Waals surface area contributed by atoms with Crippen molar-refractivity contribution in [3.63, 3.8) is 0 Å². The van der Waals surface area contributed by atoms with Gasteiger partial charge in [0, 0.05) is 30.7 Å². The lowest BCUT2D eigenvalue weighted by atomic mass is 9.73. The molecular formula is C35H46Cl3N3O4. The van der Waals surface area contributed by atoms with Crippen molar-refractivity contribution in [1.82, 2.24) is 9.88 Å². The molecule has 1 atom stereocenters. The highest BCUT2D eigenvalue weighted by atomic mass is 35.5. The standard InChI is InChI=1S/C35H44ClN3O4.2ClH/c1-3-42-32(18-19-33(40)43-4-2)38-27-34(28-11-6-5-7-12-28,31-13-8-9-23-37-31)20-10-24-39-25-21-35(41,22-26-39)29-14-16-30(36)17-15-29;;/h5-9,11-17,23,41H,3-4,10,18-22,24-27H2,1-2H3;2*1H. The Kier molecular flexibility index (Phi) is 16.3. The number of aromatic nitrogens is 1. The molecule has 2 aromatic carbocycles. The monoisotopic (exact) mass is 677 g/mol. The van der Waals surface area contributed by atoms with Crippen LogP contribution in [0.3, 0.4) is 0 Å². The number of carbonyl (C=O) groups is 1. The van der Waals surface area contributed by atoms with E-state index in [2.05, 4.69) is 35.2 Å². The van der Waals surface area contributed by atoms with Gasteiger partial charge >= 0.3 is 5.97 Å². The van der Waals surface area contributed by atoms with Gasteiger partial charge in [0.15, 0.2) is 5.90 Å². The highest BCUT2D eigenvalue weighted by Crippen LogP contribution is 2.38. The lowest BCUT2D eigenvalue weighted by Gasteiger charge is -2.39. The number of piperidine rings is 1. The summed E-state index contributed by atoms with van der Waals surface area (Å²) in [7, 11) is 0. The topological polar surface area (TPSA) is 84.2 Å². The summed E-state index contributed by atoms with van der Waals surface area (Å²) in [6, 6.07) is 24.0. The smallest absolute Gasteiger partial charge is 0.306 e. The van der Waals surface area contributed by atoms with Crippen LogP contribution in [0.1, 0.15) is 69.2 Å². The predicted molar refractivity (Wildman–Crippen MR) is 186 cm³/mol. The van der Waals surface area contributed by atoms with Crippen molar-refractivity contribution in [3.8, 4) is 0 Å². The molecule has 1 aliphatic rings. The van der Waals surface area contributed by atoms with Gasteiger partial charge in [0.05, 0.1) is 42.9 Å². The Labute approximate surface area is 285 Å². The van der Waals surface area contributed by atoms with Gasteiger partial charge < -0.3 is 19.5 Å². The highest BCUT2D eigenvalue weighted by molar-refractivity contribution is 6.30. The number of rotatable bonds is 14. The van der Waals surface area contributed by atoms with Crippen LogP contribution in [0, 0.1) is 0 Å². The van der Waals surface area contributed by atoms with Crippen LogP contribution in [0.25, 0.3) is 0 Å². The molecule has 2 heterocycles. The Balaban J connectivity index is 0.00000353. The van der Waals surface area contributed by atoms with E-state index in [1.165, 1.54) is 0 Å². The largest absolute Gasteiger partial charge is 0.481 e. The number of aliphatic hydroxyl groups is 1. The van der Waals surface area contributed by atoms with Crippen LogP contribution in [0.4, 0.5) is 0 Å². The molecule has 1 N–H and O–H groups in total. The van der Waals surface area contributed by atoms with Crippen molar-refractivity contribution in [2.24, 2.45) is 4.99 Å². The molecule has 10 heteroatoms. The number of carbonyl (C=O) groups excluding carboxylic acids is 1. The third kappa shape index (κ3) is 10.7. The summed E-state index contributed by atoms with van der Waals surface area (Å²) in [6.45, 7) is 7.56. The van der Waals surface area contributed by atoms with Gasteiger partial charge in [-0.2, -0.15) is 0 Å². The fourth-order valence-corrected chi connectivity index (χ4v) is 6.03. The second-order valence-electron chi connectivity index (χ2n) is 11.1. The molecule has 0 bridgehead atoms. The van der Waals surface area contributed by atoms with Crippen LogP contribution >= 0.6 is 36.4 Å². The van der Waals surface area contributed by atoms with Crippen LogP contribution < -0.4 is 0 Å². The average molecular weight is 679 g/mol. The third-order valence-corrected chi connectivity index (χ3v) is 8.56. The molecule has 1 saturated heterocycles. The van der Waals surface area contributed by atoms with Crippen molar-refractivity contribution in [2.45, 2.75) is 63.4 Å². The van der Waals surface area contributed by atoms with E-state index in [1.54, 1.807) is 6.92 Å². The third-order valence-electron chi connectivity index (χ3n) is 8.31. The van der Waals surface area contributed by atoms with E-state index in [9.17, 15) is 9.90 Å². The summed E-state index contributed by atoms with van der Waals surface area (Å²) < 4.78 is 11.0. The molecule has 1 unspecified atom stereocenters. The van der Waals surface area contributed by atoms with Gasteiger partial charge in [0.1, 0.15) is 0 Å². The first-order chi connectivity index (χ1) is 20.9. The van der Waals surface area contributed by atoms with Crippen molar-refractivity contribution in [1.29, 1.82) is 0 Å². The molecule has 0 saturated carbocycles. The van der Waals surface area contributed by atoms with Crippen LogP contribution in [-0.4, -0.2) is 66.3 Å². The molecule has 1 aliphatic heterocycles. The number of nitrogens with zero attached hydrogens (tertiary/aromatic N) is 3. The normalized spacial score (nSPS) is 16.0. The minimum atomic E-state index is -0.823. The van der Waals surface area contributed by atoms with Gasteiger partial charge in [-0.05, 0) is 81.5 Å². The summed E-state index contributed by atoms with van der Waals surface area (Å²) in [4.78, 5) is 24.3. The van der Waals surface area contributed by atoms with E-state index in [0.717, 1.165) is 49.3 Å². The molecule has 4 rings (SSSR count). The van der Waals surface area contributed by atoms with Crippen molar-refractivity contribution < 1.29 is 19.4 Å². The Morgan fingerprint density at radius 2 is 1.62 bits per heavy atom. The second-order valence-corrected chi connectivity index (χ2v) is 11.5. The number of ether oxygens (including phenoxy) is 2. The van der Waals surface area contributed by atoms with Crippen LogP contribution in [-0.2, 0) is 25.3 Å². The van der Waals surface area contributed by atoms with Gasteiger partial charge in [-0.1, -0.05) is 60.1 Å². The molecule has 3 aromatic rings. The summed E-state index contributed by atoms with van der Waals surface area (Å²) in [5, 5.41) is 12.0. The summed E-state index contributed by atoms with van der Waals surface area (Å²) >= 11 is 6.07. The Bertz CT molecular complexity index is 1260. The molecule has 45 heavy (non-hydrogen) atoms. The zero-order valence-electron chi connectivity index (χ0n) is 26.2. The predicted octanol–water partition coefficient (Wildman–Crippen LogP) is 7.41. The number of esters is 1. The lowest BCUT2D eigenvalue weighted by molar-refractivity contribution is -0.143. The SMILES string of the molecule is CCOC(=O)CCC(=NCC(CCCN1CCC(O)(c2ccc(Cl)cc2)CC1)(c1ccccc1)c1ccccn1)OCC.Cl.Cl. The lowest BCUT2D eigenvalue weighted by Crippen LogP contribution is -2.43. The first-order valence-electron chi connectivity index (χ1n) is 15.4. The average Bonchev–Trinajstić information content (AvgIpc) is 3.03. The molecule has 0 amide bonds. The Hall–Kier alpha value is -2.68. The number of benzene rings is 2. The molecule has 0 aliphatic carbocycles. The van der Waals surface area contributed by atoms with E-state index in [4.69, 9.17) is 31.1 Å². The molecule has 0 spiro atoms. The maximum Gasteiger partial charge on any atom is 0.306 e. The van der Waals surface area contributed by atoms with Crippen molar-refractivity contribution in [3.05, 3.63) is 101 Å². The highest BCUT2D eigenvalue weighted by Gasteiger charge is 2.37. The molecule has 1 aromatic heterocycles. The quantitative estimate of drug-likeness (QED) is 0.109. The number of aliphatic imine (C=N–C) groups is 1. The summed E-state index contributed by atoms with van der Waals surface area (Å²) in [5.74, 6) is 0.308. The second kappa shape index (κ2) is 19.1. The van der Waals surface area contributed by atoms with Crippen LogP contribution in [0.2, 0.25) is 5.02 Å². The fourth-order valence-electron chi connectivity index (χ4n) is 5.90. The Morgan fingerprint density at radius 3 is 2.24 bits per heavy atom. The zero-order valence-corrected chi connectivity index (χ0v) is 28.6. The van der Waals surface area contributed by atoms with Crippen LogP contribution in [0.15, 0.2) is 84.0 Å². The number of hydrogen-bond donors (Lipinski definition) is 1. The van der Waals surface area contributed by atoms with Crippen LogP contribution in [0.5, 0.6) is 0 Å². The van der Waals surface area contributed by atoms with E-state index in [-0.39, 0.29) is 37.2 Å². The number of likely N-dealkylation sites (tertiary alicyclic amines) is 1. The molecule has 0 radical (unpaired) electrons. The molecule has 1 fully saturated rings. The van der Waals surface area contributed by atoms with Crippen molar-refractivity contribution >= 4 is 48.3 Å². The van der Waals surface area contributed by atoms with Gasteiger partial charge in [-0.15, -0.1) is 24.8 Å².